The first-order valence-corrected chi connectivity index (χ1v) is 6.84. The van der Waals surface area contributed by atoms with Crippen molar-refractivity contribution >= 4 is 22.9 Å². The summed E-state index contributed by atoms with van der Waals surface area (Å²) in [5.74, 6) is 0. The van der Waals surface area contributed by atoms with Crippen LogP contribution >= 0.6 is 12.2 Å². The van der Waals surface area contributed by atoms with Gasteiger partial charge in [0.2, 0.25) is 0 Å². The van der Waals surface area contributed by atoms with Crippen LogP contribution in [0.15, 0.2) is 18.5 Å². The van der Waals surface area contributed by atoms with Crippen molar-refractivity contribution in [3.63, 3.8) is 0 Å². The smallest absolute Gasteiger partial charge is 0.106 e. The van der Waals surface area contributed by atoms with Gasteiger partial charge in [-0.2, -0.15) is 0 Å². The number of rotatable bonds is 5. The third-order valence-electron chi connectivity index (χ3n) is 3.29. The van der Waals surface area contributed by atoms with Gasteiger partial charge in [-0.25, -0.2) is 0 Å². The zero-order valence-corrected chi connectivity index (χ0v) is 11.6. The van der Waals surface area contributed by atoms with E-state index in [1.807, 2.05) is 12.3 Å². The Kier molecular flexibility index (Phi) is 5.07. The van der Waals surface area contributed by atoms with E-state index in [4.69, 9.17) is 27.8 Å². The lowest BCUT2D eigenvalue weighted by atomic mass is 10.1. The van der Waals surface area contributed by atoms with Gasteiger partial charge < -0.3 is 20.5 Å². The van der Waals surface area contributed by atoms with Crippen molar-refractivity contribution in [2.45, 2.75) is 18.9 Å². The van der Waals surface area contributed by atoms with Gasteiger partial charge in [0.15, 0.2) is 0 Å². The van der Waals surface area contributed by atoms with Crippen LogP contribution in [0.5, 0.6) is 0 Å². The van der Waals surface area contributed by atoms with Crippen LogP contribution in [-0.2, 0) is 4.74 Å². The number of piperidine rings is 1. The second-order valence-electron chi connectivity index (χ2n) is 4.54. The molecular weight excluding hydrogens is 262 g/mol. The summed E-state index contributed by atoms with van der Waals surface area (Å²) < 4.78 is 5.55. The molecule has 0 unspecified atom stereocenters. The van der Waals surface area contributed by atoms with E-state index in [2.05, 4.69) is 9.88 Å². The standard InChI is InChI=1S/C13H19N3O2S/c14-13(19)11-1-4-15-9-12(11)16-5-2-10(3-6-16)18-8-7-17/h1,4,9-10,17H,2-3,5-8H2,(H2,14,19). The monoisotopic (exact) mass is 281 g/mol. The molecule has 0 bridgehead atoms. The normalized spacial score (nSPS) is 16.6. The lowest BCUT2D eigenvalue weighted by molar-refractivity contribution is 0.0159. The van der Waals surface area contributed by atoms with E-state index in [1.54, 1.807) is 6.20 Å². The Hall–Kier alpha value is -1.24. The zero-order valence-electron chi connectivity index (χ0n) is 10.8. The molecule has 1 aliphatic rings. The van der Waals surface area contributed by atoms with Crippen LogP contribution in [0, 0.1) is 0 Å². The van der Waals surface area contributed by atoms with Gasteiger partial charge in [0.05, 0.1) is 31.2 Å². The maximum absolute atomic E-state index is 8.75. The lowest BCUT2D eigenvalue weighted by Gasteiger charge is -2.34. The largest absolute Gasteiger partial charge is 0.394 e. The second-order valence-corrected chi connectivity index (χ2v) is 4.98. The van der Waals surface area contributed by atoms with E-state index in [1.165, 1.54) is 0 Å². The third kappa shape index (κ3) is 3.62. The molecule has 0 aromatic carbocycles. The van der Waals surface area contributed by atoms with Gasteiger partial charge in [0.1, 0.15) is 4.99 Å². The predicted molar refractivity (Wildman–Crippen MR) is 78.4 cm³/mol. The van der Waals surface area contributed by atoms with Gasteiger partial charge in [-0.15, -0.1) is 0 Å². The highest BCUT2D eigenvalue weighted by atomic mass is 32.1. The molecule has 0 aliphatic carbocycles. The van der Waals surface area contributed by atoms with Crippen LogP contribution < -0.4 is 10.6 Å². The van der Waals surface area contributed by atoms with Gasteiger partial charge in [0, 0.05) is 24.8 Å². The summed E-state index contributed by atoms with van der Waals surface area (Å²) in [5.41, 5.74) is 7.61. The number of aliphatic hydroxyl groups excluding tert-OH is 1. The molecule has 19 heavy (non-hydrogen) atoms. The number of aromatic nitrogens is 1. The van der Waals surface area contributed by atoms with Crippen LogP contribution in [0.3, 0.4) is 0 Å². The van der Waals surface area contributed by atoms with Crippen molar-refractivity contribution in [1.82, 2.24) is 4.98 Å². The minimum Gasteiger partial charge on any atom is -0.394 e. The van der Waals surface area contributed by atoms with Gasteiger partial charge in [0.25, 0.3) is 0 Å². The summed E-state index contributed by atoms with van der Waals surface area (Å²) >= 11 is 5.07. The van der Waals surface area contributed by atoms with Gasteiger partial charge in [-0.1, -0.05) is 12.2 Å². The Morgan fingerprint density at radius 1 is 1.53 bits per heavy atom. The summed E-state index contributed by atoms with van der Waals surface area (Å²) in [6, 6.07) is 1.85. The molecule has 1 aromatic heterocycles. The highest BCUT2D eigenvalue weighted by molar-refractivity contribution is 7.80. The van der Waals surface area contributed by atoms with Gasteiger partial charge in [-0.05, 0) is 18.9 Å². The number of thiocarbonyl (C=S) groups is 1. The summed E-state index contributed by atoms with van der Waals surface area (Å²) in [5, 5.41) is 8.75. The Balaban J connectivity index is 2.00. The molecule has 0 atom stereocenters. The summed E-state index contributed by atoms with van der Waals surface area (Å²) in [6.45, 7) is 2.26. The SMILES string of the molecule is NC(=S)c1ccncc1N1CCC(OCCO)CC1. The number of nitrogens with two attached hydrogens (primary N) is 1. The predicted octanol–water partition coefficient (Wildman–Crippen LogP) is 0.693. The summed E-state index contributed by atoms with van der Waals surface area (Å²) in [7, 11) is 0. The minimum atomic E-state index is 0.0778. The first kappa shape index (κ1) is 14.2. The first-order valence-electron chi connectivity index (χ1n) is 6.43. The Morgan fingerprint density at radius 2 is 2.26 bits per heavy atom. The average Bonchev–Trinajstić information content (AvgIpc) is 2.45. The van der Waals surface area contributed by atoms with Gasteiger partial charge >= 0.3 is 0 Å². The van der Waals surface area contributed by atoms with Crippen molar-refractivity contribution < 1.29 is 9.84 Å². The van der Waals surface area contributed by atoms with Crippen LogP contribution in [0.1, 0.15) is 18.4 Å². The maximum atomic E-state index is 8.75. The highest BCUT2D eigenvalue weighted by Crippen LogP contribution is 2.24. The number of aliphatic hydroxyl groups is 1. The fraction of sp³-hybridized carbons (Fsp3) is 0.538. The molecule has 0 amide bonds. The zero-order chi connectivity index (χ0) is 13.7. The lowest BCUT2D eigenvalue weighted by Crippen LogP contribution is -2.38. The molecule has 104 valence electrons. The van der Waals surface area contributed by atoms with E-state index in [9.17, 15) is 0 Å². The average molecular weight is 281 g/mol. The van der Waals surface area contributed by atoms with Gasteiger partial charge in [-0.3, -0.25) is 4.98 Å². The van der Waals surface area contributed by atoms with E-state index in [-0.39, 0.29) is 12.7 Å². The summed E-state index contributed by atoms with van der Waals surface area (Å²) in [6.07, 6.45) is 5.61. The molecule has 0 saturated carbocycles. The molecule has 0 spiro atoms. The fourth-order valence-electron chi connectivity index (χ4n) is 2.33. The number of ether oxygens (including phenoxy) is 1. The molecule has 3 N–H and O–H groups in total. The topological polar surface area (TPSA) is 71.6 Å². The first-order chi connectivity index (χ1) is 9.22. The van der Waals surface area contributed by atoms with E-state index in [0.29, 0.717) is 11.6 Å². The van der Waals surface area contributed by atoms with Crippen LogP contribution in [0.4, 0.5) is 5.69 Å². The fourth-order valence-corrected chi connectivity index (χ4v) is 2.50. The summed E-state index contributed by atoms with van der Waals surface area (Å²) in [4.78, 5) is 6.79. The Morgan fingerprint density at radius 3 is 2.89 bits per heavy atom. The second kappa shape index (κ2) is 6.79. The number of hydrogen-bond donors (Lipinski definition) is 2. The van der Waals surface area contributed by atoms with E-state index in [0.717, 1.165) is 37.2 Å². The van der Waals surface area contributed by atoms with Crippen LogP contribution in [0.25, 0.3) is 0 Å². The molecule has 1 fully saturated rings. The van der Waals surface area contributed by atoms with Crippen molar-refractivity contribution in [2.24, 2.45) is 5.73 Å². The van der Waals surface area contributed by atoms with Crippen LogP contribution in [-0.4, -0.2) is 47.5 Å². The molecule has 6 heteroatoms. The van der Waals surface area contributed by atoms with Crippen molar-refractivity contribution in [2.75, 3.05) is 31.2 Å². The van der Waals surface area contributed by atoms with Crippen molar-refractivity contribution in [3.05, 3.63) is 24.0 Å². The molecule has 2 heterocycles. The molecule has 2 rings (SSSR count). The number of pyridine rings is 1. The van der Waals surface area contributed by atoms with Crippen molar-refractivity contribution in [1.29, 1.82) is 0 Å². The Bertz CT molecular complexity index is 434. The molecule has 5 nitrogen and oxygen atoms in total. The molecular formula is C13H19N3O2S. The highest BCUT2D eigenvalue weighted by Gasteiger charge is 2.21. The van der Waals surface area contributed by atoms with Crippen LogP contribution in [0.2, 0.25) is 0 Å². The number of anilines is 1. The molecule has 0 radical (unpaired) electrons. The molecule has 1 aliphatic heterocycles. The molecule has 1 aromatic rings. The number of nitrogens with zero attached hydrogens (tertiary/aromatic N) is 2. The molecule has 1 saturated heterocycles. The van der Waals surface area contributed by atoms with E-state index >= 15 is 0 Å². The Labute approximate surface area is 118 Å². The number of hydrogen-bond acceptors (Lipinski definition) is 5. The van der Waals surface area contributed by atoms with E-state index < -0.39 is 0 Å². The van der Waals surface area contributed by atoms with Crippen molar-refractivity contribution in [3.8, 4) is 0 Å². The quantitative estimate of drug-likeness (QED) is 0.774. The maximum Gasteiger partial charge on any atom is 0.106 e. The third-order valence-corrected chi connectivity index (χ3v) is 3.51. The minimum absolute atomic E-state index is 0.0778.